The van der Waals surface area contributed by atoms with Crippen LogP contribution in [0.5, 0.6) is 0 Å². The second kappa shape index (κ2) is 11.6. The summed E-state index contributed by atoms with van der Waals surface area (Å²) in [6.45, 7) is 0.273. The Balaban J connectivity index is 1.64. The van der Waals surface area contributed by atoms with Gasteiger partial charge in [-0.3, -0.25) is 9.59 Å². The average Bonchev–Trinajstić information content (AvgIpc) is 3.31. The number of hydrogen-bond acceptors (Lipinski definition) is 5. The van der Waals surface area contributed by atoms with Crippen LogP contribution in [0.1, 0.15) is 18.4 Å². The first kappa shape index (κ1) is 25.1. The Labute approximate surface area is 197 Å². The van der Waals surface area contributed by atoms with Gasteiger partial charge in [0, 0.05) is 24.7 Å². The monoisotopic (exact) mass is 497 g/mol. The lowest BCUT2D eigenvalue weighted by atomic mass is 10.2. The molecule has 8 nitrogen and oxygen atoms in total. The Hall–Kier alpha value is -2.53. The van der Waals surface area contributed by atoms with Gasteiger partial charge in [-0.25, -0.2) is 17.5 Å². The standard InChI is InChI=1S/C22H25ClFN3O5S/c23-17-5-3-16(4-6-17)14-27(15-21(28)25-12-19-2-1-11-32-19)22(29)13-26-33(30,31)20-9-7-18(24)8-10-20/h3-10,19,26H,1-2,11-15H2,(H,25,28)/t19-/m1/s1. The van der Waals surface area contributed by atoms with Gasteiger partial charge < -0.3 is 15.0 Å². The molecule has 0 saturated carbocycles. The maximum atomic E-state index is 13.1. The van der Waals surface area contributed by atoms with E-state index in [0.717, 1.165) is 42.7 Å². The number of carbonyl (C=O) groups excluding carboxylic acids is 2. The Kier molecular flexibility index (Phi) is 8.79. The lowest BCUT2D eigenvalue weighted by Crippen LogP contribution is -2.45. The number of ether oxygens (including phenoxy) is 1. The molecule has 3 rings (SSSR count). The van der Waals surface area contributed by atoms with E-state index >= 15 is 0 Å². The van der Waals surface area contributed by atoms with Crippen LogP contribution in [0.25, 0.3) is 0 Å². The smallest absolute Gasteiger partial charge is 0.241 e. The molecule has 11 heteroatoms. The van der Waals surface area contributed by atoms with E-state index in [-0.39, 0.29) is 30.0 Å². The molecular formula is C22H25ClFN3O5S. The first-order chi connectivity index (χ1) is 15.7. The summed E-state index contributed by atoms with van der Waals surface area (Å²) in [7, 11) is -4.03. The molecule has 0 aromatic heterocycles. The molecule has 1 atom stereocenters. The minimum atomic E-state index is -4.03. The van der Waals surface area contributed by atoms with E-state index in [1.807, 2.05) is 0 Å². The van der Waals surface area contributed by atoms with E-state index in [1.165, 1.54) is 4.90 Å². The van der Waals surface area contributed by atoms with Gasteiger partial charge >= 0.3 is 0 Å². The molecule has 1 fully saturated rings. The van der Waals surface area contributed by atoms with Gasteiger partial charge in [-0.1, -0.05) is 23.7 Å². The van der Waals surface area contributed by atoms with E-state index < -0.39 is 28.3 Å². The molecule has 0 radical (unpaired) electrons. The van der Waals surface area contributed by atoms with Crippen molar-refractivity contribution in [2.24, 2.45) is 0 Å². The number of sulfonamides is 1. The van der Waals surface area contributed by atoms with Crippen LogP contribution in [0.3, 0.4) is 0 Å². The molecule has 0 spiro atoms. The molecule has 2 N–H and O–H groups in total. The van der Waals surface area contributed by atoms with Crippen LogP contribution in [-0.4, -0.2) is 57.5 Å². The molecule has 0 unspecified atom stereocenters. The fourth-order valence-electron chi connectivity index (χ4n) is 3.27. The van der Waals surface area contributed by atoms with Crippen molar-refractivity contribution >= 4 is 33.4 Å². The van der Waals surface area contributed by atoms with Gasteiger partial charge in [0.1, 0.15) is 5.82 Å². The van der Waals surface area contributed by atoms with Gasteiger partial charge in [0.2, 0.25) is 21.8 Å². The fourth-order valence-corrected chi connectivity index (χ4v) is 4.37. The van der Waals surface area contributed by atoms with Crippen molar-refractivity contribution in [2.75, 3.05) is 26.2 Å². The molecule has 0 aliphatic carbocycles. The molecule has 33 heavy (non-hydrogen) atoms. The zero-order chi connectivity index (χ0) is 23.8. The number of nitrogens with one attached hydrogen (secondary N) is 2. The summed E-state index contributed by atoms with van der Waals surface area (Å²) in [5.74, 6) is -1.55. The third-order valence-electron chi connectivity index (χ3n) is 5.06. The Morgan fingerprint density at radius 1 is 1.12 bits per heavy atom. The number of carbonyl (C=O) groups is 2. The predicted molar refractivity (Wildman–Crippen MR) is 120 cm³/mol. The van der Waals surface area contributed by atoms with Crippen molar-refractivity contribution in [3.8, 4) is 0 Å². The maximum Gasteiger partial charge on any atom is 0.241 e. The molecule has 178 valence electrons. The van der Waals surface area contributed by atoms with Crippen molar-refractivity contribution < 1.29 is 27.1 Å². The highest BCUT2D eigenvalue weighted by atomic mass is 35.5. The van der Waals surface area contributed by atoms with Crippen LogP contribution >= 0.6 is 11.6 Å². The van der Waals surface area contributed by atoms with Gasteiger partial charge in [-0.15, -0.1) is 0 Å². The predicted octanol–water partition coefficient (Wildman–Crippen LogP) is 2.08. The van der Waals surface area contributed by atoms with Gasteiger partial charge in [0.25, 0.3) is 0 Å². The second-order valence-electron chi connectivity index (χ2n) is 7.59. The third kappa shape index (κ3) is 7.78. The van der Waals surface area contributed by atoms with Crippen molar-refractivity contribution in [1.82, 2.24) is 14.9 Å². The maximum absolute atomic E-state index is 13.1. The Bertz CT molecular complexity index is 1060. The number of benzene rings is 2. The molecule has 2 aromatic carbocycles. The third-order valence-corrected chi connectivity index (χ3v) is 6.73. The molecular weight excluding hydrogens is 473 g/mol. The van der Waals surface area contributed by atoms with Crippen molar-refractivity contribution in [2.45, 2.75) is 30.4 Å². The first-order valence-corrected chi connectivity index (χ1v) is 12.2. The summed E-state index contributed by atoms with van der Waals surface area (Å²) < 4.78 is 45.6. The Morgan fingerprint density at radius 2 is 1.82 bits per heavy atom. The van der Waals surface area contributed by atoms with Crippen LogP contribution in [0.4, 0.5) is 4.39 Å². The zero-order valence-corrected chi connectivity index (χ0v) is 19.4. The molecule has 1 heterocycles. The highest BCUT2D eigenvalue weighted by Gasteiger charge is 2.22. The molecule has 0 bridgehead atoms. The van der Waals surface area contributed by atoms with E-state index in [0.29, 0.717) is 18.2 Å². The zero-order valence-electron chi connectivity index (χ0n) is 17.8. The molecule has 2 amide bonds. The largest absolute Gasteiger partial charge is 0.376 e. The topological polar surface area (TPSA) is 105 Å². The highest BCUT2D eigenvalue weighted by molar-refractivity contribution is 7.89. The number of amides is 2. The van der Waals surface area contributed by atoms with Crippen LogP contribution in [0.15, 0.2) is 53.4 Å². The van der Waals surface area contributed by atoms with Crippen molar-refractivity contribution in [3.63, 3.8) is 0 Å². The highest BCUT2D eigenvalue weighted by Crippen LogP contribution is 2.13. The summed E-state index contributed by atoms with van der Waals surface area (Å²) in [6, 6.07) is 11.0. The van der Waals surface area contributed by atoms with Crippen LogP contribution in [0, 0.1) is 5.82 Å². The summed E-state index contributed by atoms with van der Waals surface area (Å²) in [4.78, 5) is 26.4. The normalized spacial score (nSPS) is 15.9. The van der Waals surface area contributed by atoms with Gasteiger partial charge in [-0.2, -0.15) is 0 Å². The number of nitrogens with zero attached hydrogens (tertiary/aromatic N) is 1. The molecule has 2 aromatic rings. The van der Waals surface area contributed by atoms with E-state index in [2.05, 4.69) is 10.0 Å². The van der Waals surface area contributed by atoms with Crippen LogP contribution in [0.2, 0.25) is 5.02 Å². The minimum Gasteiger partial charge on any atom is -0.376 e. The van der Waals surface area contributed by atoms with E-state index in [9.17, 15) is 22.4 Å². The summed E-state index contributed by atoms with van der Waals surface area (Å²) in [6.07, 6.45) is 1.76. The van der Waals surface area contributed by atoms with Crippen molar-refractivity contribution in [1.29, 1.82) is 0 Å². The van der Waals surface area contributed by atoms with Gasteiger partial charge in [-0.05, 0) is 54.8 Å². The van der Waals surface area contributed by atoms with Crippen LogP contribution < -0.4 is 10.0 Å². The average molecular weight is 498 g/mol. The lowest BCUT2D eigenvalue weighted by molar-refractivity contribution is -0.135. The molecule has 1 saturated heterocycles. The SMILES string of the molecule is O=C(CN(Cc1ccc(Cl)cc1)C(=O)CNS(=O)(=O)c1ccc(F)cc1)NC[C@H]1CCCO1. The first-order valence-electron chi connectivity index (χ1n) is 10.4. The fraction of sp³-hybridized carbons (Fsp3) is 0.364. The van der Waals surface area contributed by atoms with E-state index in [4.69, 9.17) is 16.3 Å². The number of halogens is 2. The summed E-state index contributed by atoms with van der Waals surface area (Å²) in [5.41, 5.74) is 0.723. The van der Waals surface area contributed by atoms with Crippen LogP contribution in [-0.2, 0) is 30.9 Å². The molecule has 1 aliphatic rings. The minimum absolute atomic E-state index is 0.0446. The number of hydrogen-bond donors (Lipinski definition) is 2. The van der Waals surface area contributed by atoms with Crippen molar-refractivity contribution in [3.05, 3.63) is 64.9 Å². The quantitative estimate of drug-likeness (QED) is 0.523. The molecule has 1 aliphatic heterocycles. The summed E-state index contributed by atoms with van der Waals surface area (Å²) >= 11 is 5.91. The lowest BCUT2D eigenvalue weighted by Gasteiger charge is -2.23. The summed E-state index contributed by atoms with van der Waals surface area (Å²) in [5, 5.41) is 3.28. The Morgan fingerprint density at radius 3 is 2.45 bits per heavy atom. The van der Waals surface area contributed by atoms with Gasteiger partial charge in [0.05, 0.1) is 24.1 Å². The second-order valence-corrected chi connectivity index (χ2v) is 9.80. The van der Waals surface area contributed by atoms with E-state index in [1.54, 1.807) is 24.3 Å². The number of rotatable bonds is 10. The van der Waals surface area contributed by atoms with Gasteiger partial charge in [0.15, 0.2) is 0 Å².